The van der Waals surface area contributed by atoms with Crippen LogP contribution in [0.25, 0.3) is 0 Å². The molecule has 118 valence electrons. The van der Waals surface area contributed by atoms with Crippen molar-refractivity contribution in [2.75, 3.05) is 5.32 Å². The maximum absolute atomic E-state index is 12.9. The van der Waals surface area contributed by atoms with Crippen molar-refractivity contribution in [1.29, 1.82) is 0 Å². The average Bonchev–Trinajstić information content (AvgIpc) is 3.19. The minimum absolute atomic E-state index is 0.270. The lowest BCUT2D eigenvalue weighted by molar-refractivity contribution is 0.102. The Morgan fingerprint density at radius 1 is 1.22 bits per heavy atom. The minimum atomic E-state index is -0.279. The van der Waals surface area contributed by atoms with Crippen molar-refractivity contribution >= 4 is 11.6 Å². The zero-order chi connectivity index (χ0) is 16.2. The molecule has 2 aromatic heterocycles. The predicted octanol–water partition coefficient (Wildman–Crippen LogP) is 2.54. The Kier molecular flexibility index (Phi) is 4.18. The third kappa shape index (κ3) is 3.63. The fraction of sp³-hybridized carbons (Fsp3) is 0.188. The van der Waals surface area contributed by atoms with Crippen LogP contribution in [-0.2, 0) is 13.1 Å². The van der Waals surface area contributed by atoms with E-state index in [0.717, 1.165) is 5.56 Å². The van der Waals surface area contributed by atoms with E-state index >= 15 is 0 Å². The molecule has 0 bridgehead atoms. The van der Waals surface area contributed by atoms with E-state index in [1.54, 1.807) is 46.2 Å². The second-order valence-electron chi connectivity index (χ2n) is 5.06. The van der Waals surface area contributed by atoms with E-state index in [1.165, 1.54) is 12.1 Å². The van der Waals surface area contributed by atoms with E-state index in [2.05, 4.69) is 15.5 Å². The van der Waals surface area contributed by atoms with Gasteiger partial charge in [0.15, 0.2) is 5.69 Å². The van der Waals surface area contributed by atoms with Crippen molar-refractivity contribution < 1.29 is 9.18 Å². The fourth-order valence-electron chi connectivity index (χ4n) is 2.15. The van der Waals surface area contributed by atoms with Gasteiger partial charge in [0.2, 0.25) is 0 Å². The molecule has 1 N–H and O–H groups in total. The number of carbonyl (C=O) groups is 1. The third-order valence-corrected chi connectivity index (χ3v) is 3.35. The molecular weight excluding hydrogens is 297 g/mol. The van der Waals surface area contributed by atoms with E-state index < -0.39 is 0 Å². The Morgan fingerprint density at radius 3 is 2.70 bits per heavy atom. The molecule has 0 aliphatic heterocycles. The number of aryl methyl sites for hydroxylation is 1. The zero-order valence-electron chi connectivity index (χ0n) is 12.6. The Balaban J connectivity index is 1.64. The number of hydrogen-bond donors (Lipinski definition) is 1. The lowest BCUT2D eigenvalue weighted by Gasteiger charge is -2.02. The second kappa shape index (κ2) is 6.43. The van der Waals surface area contributed by atoms with Crippen molar-refractivity contribution in [1.82, 2.24) is 19.6 Å². The lowest BCUT2D eigenvalue weighted by Crippen LogP contribution is -2.13. The topological polar surface area (TPSA) is 64.7 Å². The molecule has 3 aromatic rings. The second-order valence-corrected chi connectivity index (χ2v) is 5.06. The summed E-state index contributed by atoms with van der Waals surface area (Å²) in [5.41, 5.74) is 1.87. The molecule has 0 aliphatic carbocycles. The van der Waals surface area contributed by atoms with Crippen LogP contribution in [0.15, 0.2) is 48.9 Å². The molecule has 1 amide bonds. The van der Waals surface area contributed by atoms with Gasteiger partial charge in [-0.25, -0.2) is 4.39 Å². The number of anilines is 1. The Hall–Kier alpha value is -2.96. The van der Waals surface area contributed by atoms with Gasteiger partial charge >= 0.3 is 0 Å². The number of rotatable bonds is 5. The van der Waals surface area contributed by atoms with Gasteiger partial charge in [0.25, 0.3) is 5.91 Å². The van der Waals surface area contributed by atoms with Gasteiger partial charge in [0.1, 0.15) is 5.82 Å². The quantitative estimate of drug-likeness (QED) is 0.787. The summed E-state index contributed by atoms with van der Waals surface area (Å²) in [6.45, 7) is 3.16. The van der Waals surface area contributed by atoms with Crippen LogP contribution in [0.5, 0.6) is 0 Å². The smallest absolute Gasteiger partial charge is 0.276 e. The van der Waals surface area contributed by atoms with E-state index in [-0.39, 0.29) is 11.7 Å². The monoisotopic (exact) mass is 313 g/mol. The van der Waals surface area contributed by atoms with Crippen LogP contribution in [0.3, 0.4) is 0 Å². The molecule has 3 rings (SSSR count). The van der Waals surface area contributed by atoms with E-state index in [1.807, 2.05) is 6.92 Å². The molecule has 0 radical (unpaired) electrons. The maximum atomic E-state index is 12.9. The SMILES string of the molecule is CCn1ccc(C(=O)Nc2cnn(Cc3ccc(F)cc3)c2)n1. The highest BCUT2D eigenvalue weighted by atomic mass is 19.1. The fourth-order valence-corrected chi connectivity index (χ4v) is 2.15. The normalized spacial score (nSPS) is 10.7. The van der Waals surface area contributed by atoms with Gasteiger partial charge < -0.3 is 5.32 Å². The molecule has 6 nitrogen and oxygen atoms in total. The van der Waals surface area contributed by atoms with Crippen LogP contribution >= 0.6 is 0 Å². The number of benzene rings is 1. The van der Waals surface area contributed by atoms with E-state index in [0.29, 0.717) is 24.5 Å². The summed E-state index contributed by atoms with van der Waals surface area (Å²) in [5.74, 6) is -0.549. The number of aromatic nitrogens is 4. The molecule has 0 aliphatic rings. The molecule has 23 heavy (non-hydrogen) atoms. The van der Waals surface area contributed by atoms with Crippen molar-refractivity contribution in [2.24, 2.45) is 0 Å². The molecule has 0 fully saturated rings. The molecule has 1 aromatic carbocycles. The molecule has 7 heteroatoms. The highest BCUT2D eigenvalue weighted by Crippen LogP contribution is 2.10. The molecular formula is C16H16FN5O. The first-order valence-electron chi connectivity index (χ1n) is 7.26. The highest BCUT2D eigenvalue weighted by molar-refractivity contribution is 6.02. The molecule has 2 heterocycles. The Morgan fingerprint density at radius 2 is 2.00 bits per heavy atom. The first-order chi connectivity index (χ1) is 11.1. The van der Waals surface area contributed by atoms with Crippen LogP contribution in [0, 0.1) is 5.82 Å². The molecule has 0 atom stereocenters. The molecule has 0 saturated carbocycles. The average molecular weight is 313 g/mol. The van der Waals surface area contributed by atoms with Crippen molar-refractivity contribution in [2.45, 2.75) is 20.0 Å². The molecule has 0 spiro atoms. The zero-order valence-corrected chi connectivity index (χ0v) is 12.6. The maximum Gasteiger partial charge on any atom is 0.276 e. The summed E-state index contributed by atoms with van der Waals surface area (Å²) in [7, 11) is 0. The van der Waals surface area contributed by atoms with Gasteiger partial charge in [-0.05, 0) is 30.7 Å². The number of halogens is 1. The van der Waals surface area contributed by atoms with Gasteiger partial charge in [0.05, 0.1) is 18.4 Å². The van der Waals surface area contributed by atoms with Gasteiger partial charge in [0, 0.05) is 18.9 Å². The van der Waals surface area contributed by atoms with E-state index in [9.17, 15) is 9.18 Å². The lowest BCUT2D eigenvalue weighted by atomic mass is 10.2. The number of carbonyl (C=O) groups excluding carboxylic acids is 1. The summed E-state index contributed by atoms with van der Waals surface area (Å²) in [4.78, 5) is 12.1. The number of nitrogens with zero attached hydrogens (tertiary/aromatic N) is 4. The Labute approximate surface area is 132 Å². The van der Waals surface area contributed by atoms with Crippen LogP contribution < -0.4 is 5.32 Å². The van der Waals surface area contributed by atoms with Crippen LogP contribution in [0.1, 0.15) is 23.0 Å². The standard InChI is InChI=1S/C16H16FN5O/c1-2-21-8-7-15(20-21)16(23)19-14-9-18-22(11-14)10-12-3-5-13(17)6-4-12/h3-9,11H,2,10H2,1H3,(H,19,23). The predicted molar refractivity (Wildman–Crippen MR) is 83.6 cm³/mol. The highest BCUT2D eigenvalue weighted by Gasteiger charge is 2.10. The van der Waals surface area contributed by atoms with Gasteiger partial charge in [-0.2, -0.15) is 10.2 Å². The van der Waals surface area contributed by atoms with Crippen molar-refractivity contribution in [3.63, 3.8) is 0 Å². The van der Waals surface area contributed by atoms with Crippen molar-refractivity contribution in [3.05, 3.63) is 66.0 Å². The largest absolute Gasteiger partial charge is 0.318 e. The number of hydrogen-bond acceptors (Lipinski definition) is 3. The Bertz CT molecular complexity index is 806. The van der Waals surface area contributed by atoms with Crippen LogP contribution in [-0.4, -0.2) is 25.5 Å². The molecule has 0 unspecified atom stereocenters. The minimum Gasteiger partial charge on any atom is -0.318 e. The van der Waals surface area contributed by atoms with E-state index in [4.69, 9.17) is 0 Å². The first-order valence-corrected chi connectivity index (χ1v) is 7.26. The van der Waals surface area contributed by atoms with Crippen LogP contribution in [0.4, 0.5) is 10.1 Å². The first kappa shape index (κ1) is 15.0. The third-order valence-electron chi connectivity index (χ3n) is 3.35. The van der Waals surface area contributed by atoms with Gasteiger partial charge in [-0.3, -0.25) is 14.2 Å². The summed E-state index contributed by atoms with van der Waals surface area (Å²) < 4.78 is 16.2. The number of nitrogens with one attached hydrogen (secondary N) is 1. The van der Waals surface area contributed by atoms with Crippen molar-refractivity contribution in [3.8, 4) is 0 Å². The molecule has 0 saturated heterocycles. The number of amides is 1. The summed E-state index contributed by atoms with van der Waals surface area (Å²) in [6.07, 6.45) is 5.04. The van der Waals surface area contributed by atoms with Gasteiger partial charge in [-0.15, -0.1) is 0 Å². The summed E-state index contributed by atoms with van der Waals surface area (Å²) in [6, 6.07) is 7.89. The van der Waals surface area contributed by atoms with Crippen LogP contribution in [0.2, 0.25) is 0 Å². The summed E-state index contributed by atoms with van der Waals surface area (Å²) >= 11 is 0. The summed E-state index contributed by atoms with van der Waals surface area (Å²) in [5, 5.41) is 11.1. The van der Waals surface area contributed by atoms with Gasteiger partial charge in [-0.1, -0.05) is 12.1 Å².